The van der Waals surface area contributed by atoms with Gasteiger partial charge in [0.25, 0.3) is 0 Å². The molecule has 0 amide bonds. The molecule has 0 radical (unpaired) electrons. The van der Waals surface area contributed by atoms with Crippen LogP contribution in [0.2, 0.25) is 0 Å². The highest BCUT2D eigenvalue weighted by Gasteiger charge is 2.28. The molecule has 162 valence electrons. The number of rotatable bonds is 8. The van der Waals surface area contributed by atoms with Crippen LogP contribution in [-0.2, 0) is 9.53 Å². The highest BCUT2D eigenvalue weighted by molar-refractivity contribution is 8.14. The third-order valence-electron chi connectivity index (χ3n) is 6.82. The summed E-state index contributed by atoms with van der Waals surface area (Å²) in [5, 5.41) is 0.814. The molecule has 0 aliphatic heterocycles. The van der Waals surface area contributed by atoms with Gasteiger partial charge in [-0.15, -0.1) is 0 Å². The molecule has 0 bridgehead atoms. The van der Waals surface area contributed by atoms with Gasteiger partial charge in [0.2, 0.25) is 0 Å². The summed E-state index contributed by atoms with van der Waals surface area (Å²) in [6.45, 7) is 7.37. The zero-order valence-electron chi connectivity index (χ0n) is 18.7. The summed E-state index contributed by atoms with van der Waals surface area (Å²) in [5.41, 5.74) is 2.77. The molecule has 2 nitrogen and oxygen atoms in total. The summed E-state index contributed by atoms with van der Waals surface area (Å²) in [4.78, 5) is 12.3. The Morgan fingerprint density at radius 2 is 1.66 bits per heavy atom. The third kappa shape index (κ3) is 6.85. The second kappa shape index (κ2) is 11.6. The van der Waals surface area contributed by atoms with Crippen LogP contribution in [0.25, 0.3) is 0 Å². The van der Waals surface area contributed by atoms with Crippen molar-refractivity contribution in [3.63, 3.8) is 0 Å². The van der Waals surface area contributed by atoms with Crippen LogP contribution in [0, 0.1) is 11.8 Å². The van der Waals surface area contributed by atoms with E-state index in [0.717, 1.165) is 44.6 Å². The maximum atomic E-state index is 12.3. The van der Waals surface area contributed by atoms with Gasteiger partial charge in [-0.3, -0.25) is 4.79 Å². The van der Waals surface area contributed by atoms with E-state index in [4.69, 9.17) is 4.74 Å². The maximum Gasteiger partial charge on any atom is 0.192 e. The normalized spacial score (nSPS) is 24.6. The van der Waals surface area contributed by atoms with Crippen LogP contribution in [0.5, 0.6) is 0 Å². The molecule has 1 aromatic rings. The van der Waals surface area contributed by atoms with Gasteiger partial charge in [-0.25, -0.2) is 0 Å². The SMILES string of the molecule is CCC(OCC1CCCCC1)c1ccc(C2CCC(C(=O)SC(C)C)CC2)cc1. The molecule has 29 heavy (non-hydrogen) atoms. The summed E-state index contributed by atoms with van der Waals surface area (Å²) >= 11 is 1.53. The molecule has 2 fully saturated rings. The molecular formula is C26H40O2S. The van der Waals surface area contributed by atoms with Crippen LogP contribution in [-0.4, -0.2) is 17.0 Å². The van der Waals surface area contributed by atoms with Crippen molar-refractivity contribution in [2.75, 3.05) is 6.61 Å². The molecule has 2 aliphatic rings. The molecule has 3 rings (SSSR count). The molecule has 1 atom stereocenters. The molecular weight excluding hydrogens is 376 g/mol. The number of ether oxygens (including phenoxy) is 1. The molecule has 0 heterocycles. The van der Waals surface area contributed by atoms with Gasteiger partial charge in [0, 0.05) is 11.2 Å². The number of carbonyl (C=O) groups is 1. The fourth-order valence-electron chi connectivity index (χ4n) is 5.03. The highest BCUT2D eigenvalue weighted by atomic mass is 32.2. The number of hydrogen-bond acceptors (Lipinski definition) is 3. The van der Waals surface area contributed by atoms with Crippen LogP contribution in [0.15, 0.2) is 24.3 Å². The van der Waals surface area contributed by atoms with Crippen molar-refractivity contribution in [1.82, 2.24) is 0 Å². The predicted molar refractivity (Wildman–Crippen MR) is 124 cm³/mol. The Hall–Kier alpha value is -0.800. The first-order valence-electron chi connectivity index (χ1n) is 12.0. The van der Waals surface area contributed by atoms with E-state index in [0.29, 0.717) is 16.3 Å². The Morgan fingerprint density at radius 3 is 2.24 bits per heavy atom. The maximum absolute atomic E-state index is 12.3. The van der Waals surface area contributed by atoms with E-state index < -0.39 is 0 Å². The molecule has 1 aromatic carbocycles. The van der Waals surface area contributed by atoms with E-state index in [1.165, 1.54) is 55.0 Å². The Morgan fingerprint density at radius 1 is 1.00 bits per heavy atom. The topological polar surface area (TPSA) is 26.3 Å². The first-order chi connectivity index (χ1) is 14.1. The van der Waals surface area contributed by atoms with Crippen LogP contribution in [0.1, 0.15) is 108 Å². The molecule has 0 saturated heterocycles. The third-order valence-corrected chi connectivity index (χ3v) is 7.86. The van der Waals surface area contributed by atoms with Crippen molar-refractivity contribution >= 4 is 16.9 Å². The van der Waals surface area contributed by atoms with Gasteiger partial charge in [0.15, 0.2) is 5.12 Å². The Kier molecular flexibility index (Phi) is 9.11. The Labute approximate surface area is 182 Å². The largest absolute Gasteiger partial charge is 0.373 e. The summed E-state index contributed by atoms with van der Waals surface area (Å²) in [7, 11) is 0. The molecule has 0 spiro atoms. The summed E-state index contributed by atoms with van der Waals surface area (Å²) in [5.74, 6) is 1.65. The zero-order valence-corrected chi connectivity index (χ0v) is 19.5. The van der Waals surface area contributed by atoms with Crippen LogP contribution in [0.4, 0.5) is 0 Å². The molecule has 3 heteroatoms. The fraction of sp³-hybridized carbons (Fsp3) is 0.731. The fourth-order valence-corrected chi connectivity index (χ4v) is 5.92. The lowest BCUT2D eigenvalue weighted by atomic mass is 9.79. The second-order valence-electron chi connectivity index (χ2n) is 9.44. The van der Waals surface area contributed by atoms with E-state index in [2.05, 4.69) is 45.0 Å². The van der Waals surface area contributed by atoms with Gasteiger partial charge in [-0.1, -0.05) is 76.1 Å². The Bertz CT molecular complexity index is 610. The zero-order chi connectivity index (χ0) is 20.6. The van der Waals surface area contributed by atoms with Crippen LogP contribution in [0.3, 0.4) is 0 Å². The number of benzene rings is 1. The van der Waals surface area contributed by atoms with Crippen LogP contribution >= 0.6 is 11.8 Å². The lowest BCUT2D eigenvalue weighted by Crippen LogP contribution is -2.20. The van der Waals surface area contributed by atoms with Gasteiger partial charge < -0.3 is 4.74 Å². The summed E-state index contributed by atoms with van der Waals surface area (Å²) in [6, 6.07) is 9.21. The number of carbonyl (C=O) groups excluding carboxylic acids is 1. The van der Waals surface area contributed by atoms with Crippen molar-refractivity contribution in [2.24, 2.45) is 11.8 Å². The average molecular weight is 417 g/mol. The summed E-state index contributed by atoms with van der Waals surface area (Å²) in [6.07, 6.45) is 12.5. The average Bonchev–Trinajstić information content (AvgIpc) is 2.75. The van der Waals surface area contributed by atoms with Gasteiger partial charge in [-0.2, -0.15) is 0 Å². The van der Waals surface area contributed by atoms with E-state index in [-0.39, 0.29) is 12.0 Å². The van der Waals surface area contributed by atoms with E-state index in [1.807, 2.05) is 0 Å². The minimum absolute atomic E-state index is 0.229. The predicted octanol–water partition coefficient (Wildman–Crippen LogP) is 7.68. The lowest BCUT2D eigenvalue weighted by molar-refractivity contribution is -0.115. The molecule has 0 aromatic heterocycles. The first kappa shape index (κ1) is 22.9. The van der Waals surface area contributed by atoms with E-state index in [9.17, 15) is 4.79 Å². The molecule has 2 saturated carbocycles. The molecule has 2 aliphatic carbocycles. The quantitative estimate of drug-likeness (QED) is 0.435. The highest BCUT2D eigenvalue weighted by Crippen LogP contribution is 2.38. The number of hydrogen-bond donors (Lipinski definition) is 0. The van der Waals surface area contributed by atoms with Crippen molar-refractivity contribution in [3.05, 3.63) is 35.4 Å². The lowest BCUT2D eigenvalue weighted by Gasteiger charge is -2.28. The standard InChI is InChI=1S/C26H40O2S/c1-4-25(28-18-20-8-6-5-7-9-20)23-14-10-21(11-15-23)22-12-16-24(17-13-22)26(27)29-19(2)3/h10-11,14-15,19-20,22,24-25H,4-9,12-13,16-18H2,1-3H3. The molecule has 1 unspecified atom stereocenters. The van der Waals surface area contributed by atoms with Gasteiger partial charge in [-0.05, 0) is 67.9 Å². The first-order valence-corrected chi connectivity index (χ1v) is 12.9. The monoisotopic (exact) mass is 416 g/mol. The Balaban J connectivity index is 1.49. The van der Waals surface area contributed by atoms with E-state index in [1.54, 1.807) is 0 Å². The minimum Gasteiger partial charge on any atom is -0.373 e. The summed E-state index contributed by atoms with van der Waals surface area (Å²) < 4.78 is 6.33. The smallest absolute Gasteiger partial charge is 0.192 e. The second-order valence-corrected chi connectivity index (χ2v) is 11.0. The van der Waals surface area contributed by atoms with Crippen LogP contribution < -0.4 is 0 Å². The minimum atomic E-state index is 0.229. The van der Waals surface area contributed by atoms with Crippen molar-refractivity contribution < 1.29 is 9.53 Å². The molecule has 0 N–H and O–H groups in total. The van der Waals surface area contributed by atoms with Gasteiger partial charge in [0.1, 0.15) is 0 Å². The van der Waals surface area contributed by atoms with Gasteiger partial charge in [0.05, 0.1) is 12.7 Å². The van der Waals surface area contributed by atoms with E-state index >= 15 is 0 Å². The van der Waals surface area contributed by atoms with Crippen molar-refractivity contribution in [2.45, 2.75) is 102 Å². The van der Waals surface area contributed by atoms with Crippen molar-refractivity contribution in [3.8, 4) is 0 Å². The number of thioether (sulfide) groups is 1. The van der Waals surface area contributed by atoms with Crippen molar-refractivity contribution in [1.29, 1.82) is 0 Å². The van der Waals surface area contributed by atoms with Gasteiger partial charge >= 0.3 is 0 Å².